The number of aliphatic hydroxyl groups excluding tert-OH is 1. The van der Waals surface area contributed by atoms with Crippen LogP contribution in [0.4, 0.5) is 14.6 Å². The molecule has 0 bridgehead atoms. The number of aryl methyl sites for hydroxylation is 1. The van der Waals surface area contributed by atoms with Gasteiger partial charge in [-0.25, -0.2) is 18.4 Å². The van der Waals surface area contributed by atoms with Gasteiger partial charge >= 0.3 is 0 Å². The lowest BCUT2D eigenvalue weighted by Gasteiger charge is -2.38. The van der Waals surface area contributed by atoms with Gasteiger partial charge in [-0.3, -0.25) is 9.69 Å². The number of aromatic amines is 1. The number of benzene rings is 2. The number of rotatable bonds is 7. The normalized spacial score (nSPS) is 18.4. The Bertz CT molecular complexity index is 1870. The van der Waals surface area contributed by atoms with Gasteiger partial charge in [-0.05, 0) is 54.3 Å². The van der Waals surface area contributed by atoms with Crippen molar-refractivity contribution in [1.82, 2.24) is 24.6 Å². The van der Waals surface area contributed by atoms with Crippen LogP contribution in [-0.2, 0) is 17.7 Å². The lowest BCUT2D eigenvalue weighted by Crippen LogP contribution is -2.52. The average Bonchev–Trinajstić information content (AvgIpc) is 3.61. The molecule has 1 saturated heterocycles. The van der Waals surface area contributed by atoms with Crippen LogP contribution >= 0.6 is 0 Å². The van der Waals surface area contributed by atoms with Crippen LogP contribution in [0.5, 0.6) is 11.6 Å². The molecule has 5 heterocycles. The third-order valence-corrected chi connectivity index (χ3v) is 8.14. The first-order chi connectivity index (χ1) is 20.8. The highest BCUT2D eigenvalue weighted by Gasteiger charge is 2.33. The van der Waals surface area contributed by atoms with Crippen molar-refractivity contribution in [3.63, 3.8) is 0 Å². The molecule has 2 atom stereocenters. The Labute approximate surface area is 244 Å². The van der Waals surface area contributed by atoms with Crippen LogP contribution in [0.15, 0.2) is 54.9 Å². The summed E-state index contributed by atoms with van der Waals surface area (Å²) in [5.41, 5.74) is 11.4. The zero-order chi connectivity index (χ0) is 29.8. The van der Waals surface area contributed by atoms with Gasteiger partial charge in [0.2, 0.25) is 17.4 Å². The molecule has 5 aromatic rings. The number of carbonyl (C=O) groups is 1. The summed E-state index contributed by atoms with van der Waals surface area (Å²) in [6.45, 7) is 4.41. The molecule has 2 aliphatic heterocycles. The molecule has 4 N–H and O–H groups in total. The lowest BCUT2D eigenvalue weighted by atomic mass is 9.95. The number of aromatic nitrogens is 4. The third kappa shape index (κ3) is 4.83. The fourth-order valence-electron chi connectivity index (χ4n) is 5.72. The second kappa shape index (κ2) is 10.6. The molecule has 3 aromatic heterocycles. The number of hydrogen-bond donors (Lipinski definition) is 3. The summed E-state index contributed by atoms with van der Waals surface area (Å²) >= 11 is 0. The van der Waals surface area contributed by atoms with Crippen LogP contribution in [0.2, 0.25) is 0 Å². The van der Waals surface area contributed by atoms with E-state index < -0.39 is 23.5 Å². The van der Waals surface area contributed by atoms with Crippen molar-refractivity contribution in [2.75, 3.05) is 25.4 Å². The van der Waals surface area contributed by atoms with E-state index in [1.54, 1.807) is 6.92 Å². The molecule has 0 radical (unpaired) electrons. The predicted octanol–water partition coefficient (Wildman–Crippen LogP) is 4.06. The standard InChI is InChI=1S/C31H28F2N6O4/c1-16-9-28(43-30-21(32)3-2-4-22(30)33)35-12-25(16)39-31(34)20(11-36-39)29(41)24-10-19-18-7-8-38(14-27-26(40)15-42-27)13-17(18)5-6-23(19)37-24/h2-6,9-12,26-27,37,40H,7-8,13-15,34H2,1H3. The molecule has 2 aromatic carbocycles. The Balaban J connectivity index is 1.12. The van der Waals surface area contributed by atoms with Crippen LogP contribution in [-0.4, -0.2) is 67.4 Å². The number of nitrogens with two attached hydrogens (primary N) is 1. The Kier molecular flexibility index (Phi) is 6.68. The molecule has 12 heteroatoms. The molecular weight excluding hydrogens is 558 g/mol. The Morgan fingerprint density at radius 1 is 1.21 bits per heavy atom. The second-order valence-corrected chi connectivity index (χ2v) is 10.9. The van der Waals surface area contributed by atoms with Crippen molar-refractivity contribution in [3.05, 3.63) is 94.4 Å². The summed E-state index contributed by atoms with van der Waals surface area (Å²) in [7, 11) is 0. The van der Waals surface area contributed by atoms with E-state index in [0.717, 1.165) is 42.5 Å². The first-order valence-corrected chi connectivity index (χ1v) is 13.9. The molecule has 0 aliphatic carbocycles. The summed E-state index contributed by atoms with van der Waals surface area (Å²) in [6.07, 6.45) is 3.10. The molecule has 0 saturated carbocycles. The van der Waals surface area contributed by atoms with Gasteiger partial charge in [-0.2, -0.15) is 5.10 Å². The van der Waals surface area contributed by atoms with Crippen molar-refractivity contribution in [2.45, 2.75) is 32.1 Å². The summed E-state index contributed by atoms with van der Waals surface area (Å²) < 4.78 is 40.2. The molecule has 7 rings (SSSR count). The van der Waals surface area contributed by atoms with Gasteiger partial charge < -0.3 is 25.3 Å². The van der Waals surface area contributed by atoms with E-state index in [9.17, 15) is 18.7 Å². The predicted molar refractivity (Wildman–Crippen MR) is 153 cm³/mol. The van der Waals surface area contributed by atoms with Gasteiger partial charge in [0.25, 0.3) is 0 Å². The topological polar surface area (TPSA) is 132 Å². The van der Waals surface area contributed by atoms with Crippen LogP contribution in [0.25, 0.3) is 16.6 Å². The molecule has 1 fully saturated rings. The maximum Gasteiger partial charge on any atom is 0.219 e. The number of H-pyrrole nitrogens is 1. The van der Waals surface area contributed by atoms with Crippen molar-refractivity contribution in [2.24, 2.45) is 0 Å². The lowest BCUT2D eigenvalue weighted by molar-refractivity contribution is -0.170. The number of aliphatic hydroxyl groups is 1. The van der Waals surface area contributed by atoms with E-state index in [1.807, 2.05) is 12.1 Å². The van der Waals surface area contributed by atoms with Gasteiger partial charge in [-0.15, -0.1) is 0 Å². The Morgan fingerprint density at radius 2 is 2.02 bits per heavy atom. The van der Waals surface area contributed by atoms with Gasteiger partial charge in [0.05, 0.1) is 42.0 Å². The van der Waals surface area contributed by atoms with E-state index >= 15 is 0 Å². The highest BCUT2D eigenvalue weighted by molar-refractivity contribution is 6.12. The smallest absolute Gasteiger partial charge is 0.219 e. The monoisotopic (exact) mass is 586 g/mol. The van der Waals surface area contributed by atoms with Gasteiger partial charge in [0.1, 0.15) is 11.9 Å². The Hall–Kier alpha value is -4.65. The molecule has 0 spiro atoms. The fraction of sp³-hybridized carbons (Fsp3) is 0.258. The fourth-order valence-corrected chi connectivity index (χ4v) is 5.72. The van der Waals surface area contributed by atoms with Crippen molar-refractivity contribution >= 4 is 22.5 Å². The van der Waals surface area contributed by atoms with Crippen molar-refractivity contribution in [1.29, 1.82) is 0 Å². The maximum atomic E-state index is 14.0. The van der Waals surface area contributed by atoms with Crippen LogP contribution in [0, 0.1) is 18.6 Å². The highest BCUT2D eigenvalue weighted by Crippen LogP contribution is 2.32. The molecule has 43 heavy (non-hydrogen) atoms. The second-order valence-electron chi connectivity index (χ2n) is 10.9. The van der Waals surface area contributed by atoms with Crippen LogP contribution < -0.4 is 10.5 Å². The van der Waals surface area contributed by atoms with Crippen molar-refractivity contribution in [3.8, 4) is 17.3 Å². The molecule has 220 valence electrons. The number of pyridine rings is 1. The number of nitrogen functional groups attached to an aromatic ring is 1. The van der Waals surface area contributed by atoms with Crippen molar-refractivity contribution < 1.29 is 28.2 Å². The minimum absolute atomic E-state index is 0.00855. The molecule has 2 unspecified atom stereocenters. The SMILES string of the molecule is Cc1cc(Oc2c(F)cccc2F)ncc1-n1ncc(C(=O)c2cc3c4c(ccc3[nH]2)CN(CC2OCC2O)CC4)c1N. The number of ketones is 1. The minimum Gasteiger partial charge on any atom is -0.433 e. The molecule has 0 amide bonds. The average molecular weight is 587 g/mol. The molecular formula is C31H28F2N6O4. The van der Waals surface area contributed by atoms with E-state index in [2.05, 4.69) is 26.0 Å². The number of carbonyl (C=O) groups excluding carboxylic acids is 1. The quantitative estimate of drug-likeness (QED) is 0.244. The van der Waals surface area contributed by atoms with E-state index in [-0.39, 0.29) is 29.1 Å². The van der Waals surface area contributed by atoms with Gasteiger partial charge in [0, 0.05) is 36.6 Å². The Morgan fingerprint density at radius 3 is 2.74 bits per heavy atom. The van der Waals surface area contributed by atoms with E-state index in [1.165, 1.54) is 40.3 Å². The maximum absolute atomic E-state index is 14.0. The largest absolute Gasteiger partial charge is 0.433 e. The number of nitrogens with one attached hydrogen (secondary N) is 1. The number of ether oxygens (including phenoxy) is 2. The zero-order valence-corrected chi connectivity index (χ0v) is 23.2. The van der Waals surface area contributed by atoms with Gasteiger partial charge in [0.15, 0.2) is 11.6 Å². The number of halogens is 2. The van der Waals surface area contributed by atoms with Crippen LogP contribution in [0.1, 0.15) is 32.7 Å². The van der Waals surface area contributed by atoms with E-state index in [4.69, 9.17) is 15.2 Å². The van der Waals surface area contributed by atoms with Crippen LogP contribution in [0.3, 0.4) is 0 Å². The number of hydrogen-bond acceptors (Lipinski definition) is 8. The summed E-state index contributed by atoms with van der Waals surface area (Å²) in [4.78, 5) is 23.3. The molecule has 2 aliphatic rings. The number of anilines is 1. The first-order valence-electron chi connectivity index (χ1n) is 13.9. The summed E-state index contributed by atoms with van der Waals surface area (Å²) in [6, 6.07) is 10.9. The first kappa shape index (κ1) is 27.2. The number of fused-ring (bicyclic) bond motifs is 3. The summed E-state index contributed by atoms with van der Waals surface area (Å²) in [5, 5.41) is 15.2. The third-order valence-electron chi connectivity index (χ3n) is 8.14. The number of para-hydroxylation sites is 1. The zero-order valence-electron chi connectivity index (χ0n) is 23.2. The summed E-state index contributed by atoms with van der Waals surface area (Å²) in [5.74, 6) is -2.42. The van der Waals surface area contributed by atoms with E-state index in [0.29, 0.717) is 30.1 Å². The number of nitrogens with zero attached hydrogens (tertiary/aromatic N) is 4. The minimum atomic E-state index is -0.845. The highest BCUT2D eigenvalue weighted by atomic mass is 19.1. The molecule has 10 nitrogen and oxygen atoms in total. The van der Waals surface area contributed by atoms with Gasteiger partial charge in [-0.1, -0.05) is 12.1 Å².